The van der Waals surface area contributed by atoms with Crippen LogP contribution < -0.4 is 14.8 Å². The van der Waals surface area contributed by atoms with Gasteiger partial charge < -0.3 is 14.8 Å². The summed E-state index contributed by atoms with van der Waals surface area (Å²) in [5.74, 6) is 2.66. The van der Waals surface area contributed by atoms with Gasteiger partial charge in [0.2, 0.25) is 0 Å². The van der Waals surface area contributed by atoms with Crippen molar-refractivity contribution < 1.29 is 17.9 Å². The molecule has 1 N–H and O–H groups in total. The summed E-state index contributed by atoms with van der Waals surface area (Å²) in [6.07, 6.45) is 1.89. The summed E-state index contributed by atoms with van der Waals surface area (Å²) >= 11 is 0. The van der Waals surface area contributed by atoms with E-state index in [9.17, 15) is 8.42 Å². The number of hydrogen-bond donors (Lipinski definition) is 1. The fourth-order valence-corrected chi connectivity index (χ4v) is 5.12. The van der Waals surface area contributed by atoms with Gasteiger partial charge >= 0.3 is 0 Å². The van der Waals surface area contributed by atoms with Crippen LogP contribution in [0.4, 0.5) is 0 Å². The Morgan fingerprint density at radius 3 is 2.91 bits per heavy atom. The molecule has 2 atom stereocenters. The van der Waals surface area contributed by atoms with E-state index in [0.717, 1.165) is 36.4 Å². The van der Waals surface area contributed by atoms with Gasteiger partial charge in [0.05, 0.1) is 18.6 Å². The maximum atomic E-state index is 11.5. The van der Waals surface area contributed by atoms with Crippen LogP contribution in [0.2, 0.25) is 0 Å². The predicted molar refractivity (Wildman–Crippen MR) is 85.3 cm³/mol. The highest BCUT2D eigenvalue weighted by Gasteiger charge is 2.27. The van der Waals surface area contributed by atoms with Crippen molar-refractivity contribution in [2.24, 2.45) is 5.92 Å². The lowest BCUT2D eigenvalue weighted by Gasteiger charge is -2.13. The summed E-state index contributed by atoms with van der Waals surface area (Å²) < 4.78 is 34.2. The average molecular weight is 325 g/mol. The number of hydrogen-bond acceptors (Lipinski definition) is 5. The van der Waals surface area contributed by atoms with Gasteiger partial charge in [-0.15, -0.1) is 0 Å². The Labute approximate surface area is 131 Å². The smallest absolute Gasteiger partial charge is 0.150 e. The van der Waals surface area contributed by atoms with Crippen molar-refractivity contribution in [2.45, 2.75) is 32.4 Å². The average Bonchev–Trinajstić information content (AvgIpc) is 2.98. The van der Waals surface area contributed by atoms with Gasteiger partial charge in [-0.25, -0.2) is 8.42 Å². The molecule has 2 aliphatic heterocycles. The SMILES string of the molecule is COc1cc2c(cc1CNC[C@H]1CCS(=O)(=O)C1)O[C@@H](C)C2. The number of ether oxygens (including phenoxy) is 2. The van der Waals surface area contributed by atoms with Crippen molar-refractivity contribution in [1.82, 2.24) is 5.32 Å². The maximum absolute atomic E-state index is 11.5. The van der Waals surface area contributed by atoms with E-state index in [-0.39, 0.29) is 12.0 Å². The van der Waals surface area contributed by atoms with E-state index in [0.29, 0.717) is 18.1 Å². The van der Waals surface area contributed by atoms with Crippen LogP contribution in [0.15, 0.2) is 12.1 Å². The number of fused-ring (bicyclic) bond motifs is 1. The second-order valence-electron chi connectivity index (χ2n) is 6.30. The Kier molecular flexibility index (Phi) is 4.32. The van der Waals surface area contributed by atoms with E-state index in [4.69, 9.17) is 9.47 Å². The van der Waals surface area contributed by atoms with Crippen LogP contribution in [0.25, 0.3) is 0 Å². The maximum Gasteiger partial charge on any atom is 0.150 e. The molecule has 22 heavy (non-hydrogen) atoms. The van der Waals surface area contributed by atoms with Crippen molar-refractivity contribution in [1.29, 1.82) is 0 Å². The van der Waals surface area contributed by atoms with E-state index in [2.05, 4.69) is 18.3 Å². The number of sulfone groups is 1. The Balaban J connectivity index is 1.62. The molecular formula is C16H23NO4S. The highest BCUT2D eigenvalue weighted by molar-refractivity contribution is 7.91. The molecule has 0 aromatic heterocycles. The molecule has 0 bridgehead atoms. The summed E-state index contributed by atoms with van der Waals surface area (Å²) in [5, 5.41) is 3.36. The van der Waals surface area contributed by atoms with Gasteiger partial charge in [-0.05, 0) is 37.9 Å². The van der Waals surface area contributed by atoms with Crippen molar-refractivity contribution in [3.63, 3.8) is 0 Å². The van der Waals surface area contributed by atoms with Crippen LogP contribution in [0.5, 0.6) is 11.5 Å². The molecule has 2 aliphatic rings. The number of methoxy groups -OCH3 is 1. The molecule has 1 fully saturated rings. The van der Waals surface area contributed by atoms with Crippen LogP contribution in [-0.2, 0) is 22.8 Å². The molecule has 0 unspecified atom stereocenters. The third-order valence-corrected chi connectivity index (χ3v) is 6.21. The first-order chi connectivity index (χ1) is 10.5. The van der Waals surface area contributed by atoms with Crippen molar-refractivity contribution in [2.75, 3.05) is 25.2 Å². The van der Waals surface area contributed by atoms with Crippen molar-refractivity contribution in [3.8, 4) is 11.5 Å². The molecule has 6 heteroatoms. The molecule has 1 saturated heterocycles. The van der Waals surface area contributed by atoms with E-state index in [1.54, 1.807) is 7.11 Å². The van der Waals surface area contributed by atoms with Crippen LogP contribution in [-0.4, -0.2) is 39.7 Å². The summed E-state index contributed by atoms with van der Waals surface area (Å²) in [5.41, 5.74) is 2.24. The molecule has 0 saturated carbocycles. The number of nitrogens with one attached hydrogen (secondary N) is 1. The molecule has 3 rings (SSSR count). The topological polar surface area (TPSA) is 64.6 Å². The van der Waals surface area contributed by atoms with Crippen LogP contribution >= 0.6 is 0 Å². The normalized spacial score (nSPS) is 25.7. The van der Waals surface area contributed by atoms with Gasteiger partial charge in [0.15, 0.2) is 9.84 Å². The summed E-state index contributed by atoms with van der Waals surface area (Å²) in [4.78, 5) is 0. The Morgan fingerprint density at radius 1 is 1.41 bits per heavy atom. The molecule has 0 aliphatic carbocycles. The van der Waals surface area contributed by atoms with Gasteiger partial charge in [-0.1, -0.05) is 0 Å². The van der Waals surface area contributed by atoms with Gasteiger partial charge in [-0.3, -0.25) is 0 Å². The zero-order chi connectivity index (χ0) is 15.7. The number of benzene rings is 1. The highest BCUT2D eigenvalue weighted by atomic mass is 32.2. The molecule has 0 spiro atoms. The molecular weight excluding hydrogens is 302 g/mol. The van der Waals surface area contributed by atoms with Gasteiger partial charge in [0, 0.05) is 24.1 Å². The van der Waals surface area contributed by atoms with Gasteiger partial charge in [0.1, 0.15) is 17.6 Å². The summed E-state index contributed by atoms with van der Waals surface area (Å²) in [6.45, 7) is 3.44. The van der Waals surface area contributed by atoms with Crippen molar-refractivity contribution >= 4 is 9.84 Å². The molecule has 0 radical (unpaired) electrons. The fraction of sp³-hybridized carbons (Fsp3) is 0.625. The van der Waals surface area contributed by atoms with E-state index >= 15 is 0 Å². The molecule has 1 aromatic carbocycles. The lowest BCUT2D eigenvalue weighted by Crippen LogP contribution is -2.23. The third-order valence-electron chi connectivity index (χ3n) is 4.37. The van der Waals surface area contributed by atoms with E-state index in [1.165, 1.54) is 5.56 Å². The first kappa shape index (κ1) is 15.6. The van der Waals surface area contributed by atoms with Crippen LogP contribution in [0.1, 0.15) is 24.5 Å². The minimum absolute atomic E-state index is 0.214. The largest absolute Gasteiger partial charge is 0.496 e. The third kappa shape index (κ3) is 3.38. The highest BCUT2D eigenvalue weighted by Crippen LogP contribution is 2.35. The molecule has 2 heterocycles. The summed E-state index contributed by atoms with van der Waals surface area (Å²) in [7, 11) is -1.13. The Hall–Kier alpha value is -1.27. The lowest BCUT2D eigenvalue weighted by atomic mass is 10.1. The zero-order valence-corrected chi connectivity index (χ0v) is 13.9. The predicted octanol–water partition coefficient (Wildman–Crippen LogP) is 1.54. The van der Waals surface area contributed by atoms with Gasteiger partial charge in [-0.2, -0.15) is 0 Å². The molecule has 0 amide bonds. The first-order valence-corrected chi connectivity index (χ1v) is 9.56. The quantitative estimate of drug-likeness (QED) is 0.890. The minimum Gasteiger partial charge on any atom is -0.496 e. The van der Waals surface area contributed by atoms with Crippen LogP contribution in [0, 0.1) is 5.92 Å². The second kappa shape index (κ2) is 6.08. The minimum atomic E-state index is -2.80. The van der Waals surface area contributed by atoms with Crippen LogP contribution in [0.3, 0.4) is 0 Å². The Bertz CT molecular complexity index is 656. The van der Waals surface area contributed by atoms with Crippen molar-refractivity contribution in [3.05, 3.63) is 23.3 Å². The zero-order valence-electron chi connectivity index (χ0n) is 13.1. The molecule has 122 valence electrons. The first-order valence-electron chi connectivity index (χ1n) is 7.74. The number of rotatable bonds is 5. The monoisotopic (exact) mass is 325 g/mol. The Morgan fingerprint density at radius 2 is 2.23 bits per heavy atom. The van der Waals surface area contributed by atoms with Gasteiger partial charge in [0.25, 0.3) is 0 Å². The molecule has 5 nitrogen and oxygen atoms in total. The second-order valence-corrected chi connectivity index (χ2v) is 8.53. The lowest BCUT2D eigenvalue weighted by molar-refractivity contribution is 0.254. The standard InChI is InChI=1S/C16H23NO4S/c1-11-5-13-6-15(20-2)14(7-16(13)21-11)9-17-8-12-3-4-22(18,19)10-12/h6-7,11-12,17H,3-5,8-10H2,1-2H3/t11-,12+/m0/s1. The summed E-state index contributed by atoms with van der Waals surface area (Å²) in [6, 6.07) is 4.09. The van der Waals surface area contributed by atoms with E-state index < -0.39 is 9.84 Å². The fourth-order valence-electron chi connectivity index (χ4n) is 3.25. The van der Waals surface area contributed by atoms with E-state index in [1.807, 2.05) is 6.07 Å². The molecule has 1 aromatic rings.